The third-order valence-electron chi connectivity index (χ3n) is 4.49. The molecule has 2 heterocycles. The summed E-state index contributed by atoms with van der Waals surface area (Å²) in [5, 5.41) is 3.49. The molecule has 1 aliphatic rings. The smallest absolute Gasteiger partial charge is 0.201 e. The van der Waals surface area contributed by atoms with Gasteiger partial charge >= 0.3 is 0 Å². The maximum atomic E-state index is 6.03. The number of hydrogen-bond donors (Lipinski definition) is 1. The van der Waals surface area contributed by atoms with Crippen molar-refractivity contribution in [1.29, 1.82) is 0 Å². The SMILES string of the molecule is Cc1cccc2oc(C(C)(C)C3CCCNC3)nc12. The second-order valence-electron chi connectivity index (χ2n) is 6.21. The monoisotopic (exact) mass is 258 g/mol. The number of rotatable bonds is 2. The fraction of sp³-hybridized carbons (Fsp3) is 0.562. The first kappa shape index (κ1) is 12.7. The molecule has 1 aromatic carbocycles. The number of benzene rings is 1. The van der Waals surface area contributed by atoms with Gasteiger partial charge in [-0.1, -0.05) is 26.0 Å². The third-order valence-corrected chi connectivity index (χ3v) is 4.49. The number of piperidine rings is 1. The average molecular weight is 258 g/mol. The summed E-state index contributed by atoms with van der Waals surface area (Å²) in [4.78, 5) is 4.76. The Morgan fingerprint density at radius 2 is 2.21 bits per heavy atom. The summed E-state index contributed by atoms with van der Waals surface area (Å²) in [5.41, 5.74) is 3.09. The van der Waals surface area contributed by atoms with Crippen LogP contribution in [0.5, 0.6) is 0 Å². The predicted molar refractivity (Wildman–Crippen MR) is 77.4 cm³/mol. The number of hydrogen-bond acceptors (Lipinski definition) is 3. The molecule has 1 fully saturated rings. The molecule has 102 valence electrons. The van der Waals surface area contributed by atoms with Gasteiger partial charge in [0.15, 0.2) is 5.58 Å². The van der Waals surface area contributed by atoms with Crippen LogP contribution in [0.4, 0.5) is 0 Å². The molecule has 3 heteroatoms. The van der Waals surface area contributed by atoms with Crippen LogP contribution < -0.4 is 5.32 Å². The van der Waals surface area contributed by atoms with E-state index in [-0.39, 0.29) is 5.41 Å². The van der Waals surface area contributed by atoms with E-state index in [0.29, 0.717) is 5.92 Å². The maximum Gasteiger partial charge on any atom is 0.201 e. The van der Waals surface area contributed by atoms with Gasteiger partial charge in [-0.05, 0) is 50.4 Å². The Labute approximate surface area is 114 Å². The highest BCUT2D eigenvalue weighted by Gasteiger charge is 2.36. The number of fused-ring (bicyclic) bond motifs is 1. The molecule has 1 saturated heterocycles. The molecule has 0 spiro atoms. The van der Waals surface area contributed by atoms with Gasteiger partial charge < -0.3 is 9.73 Å². The normalized spacial score (nSPS) is 20.9. The van der Waals surface area contributed by atoms with Gasteiger partial charge in [-0.3, -0.25) is 0 Å². The Bertz CT molecular complexity index is 579. The summed E-state index contributed by atoms with van der Waals surface area (Å²) >= 11 is 0. The van der Waals surface area contributed by atoms with Crippen molar-refractivity contribution in [3.8, 4) is 0 Å². The first-order valence-corrected chi connectivity index (χ1v) is 7.16. The van der Waals surface area contributed by atoms with Gasteiger partial charge in [0.2, 0.25) is 5.89 Å². The topological polar surface area (TPSA) is 38.1 Å². The molecule has 3 nitrogen and oxygen atoms in total. The zero-order valence-corrected chi connectivity index (χ0v) is 12.0. The standard InChI is InChI=1S/C16H22N2O/c1-11-6-4-8-13-14(11)18-15(19-13)16(2,3)12-7-5-9-17-10-12/h4,6,8,12,17H,5,7,9-10H2,1-3H3. The minimum atomic E-state index is -0.0150. The first-order valence-electron chi connectivity index (χ1n) is 7.16. The van der Waals surface area contributed by atoms with E-state index in [9.17, 15) is 0 Å². The molecule has 1 unspecified atom stereocenters. The van der Waals surface area contributed by atoms with E-state index in [0.717, 1.165) is 30.1 Å². The quantitative estimate of drug-likeness (QED) is 0.897. The van der Waals surface area contributed by atoms with Crippen LogP contribution in [0.1, 0.15) is 38.1 Å². The number of nitrogens with one attached hydrogen (secondary N) is 1. The third kappa shape index (κ3) is 2.16. The molecule has 0 radical (unpaired) electrons. The van der Waals surface area contributed by atoms with Gasteiger partial charge in [-0.25, -0.2) is 4.98 Å². The van der Waals surface area contributed by atoms with Gasteiger partial charge in [0.25, 0.3) is 0 Å². The highest BCUT2D eigenvalue weighted by Crippen LogP contribution is 2.36. The number of aryl methyl sites for hydroxylation is 1. The first-order chi connectivity index (χ1) is 9.09. The van der Waals surface area contributed by atoms with Crippen molar-refractivity contribution in [1.82, 2.24) is 10.3 Å². The summed E-state index contributed by atoms with van der Waals surface area (Å²) in [5.74, 6) is 1.47. The second-order valence-corrected chi connectivity index (χ2v) is 6.21. The Morgan fingerprint density at radius 3 is 2.89 bits per heavy atom. The van der Waals surface area contributed by atoms with E-state index >= 15 is 0 Å². The van der Waals surface area contributed by atoms with E-state index < -0.39 is 0 Å². The number of aromatic nitrogens is 1. The van der Waals surface area contributed by atoms with Gasteiger partial charge in [-0.15, -0.1) is 0 Å². The minimum Gasteiger partial charge on any atom is -0.440 e. The Kier molecular flexibility index (Phi) is 3.09. The lowest BCUT2D eigenvalue weighted by Gasteiger charge is -2.34. The van der Waals surface area contributed by atoms with Crippen LogP contribution in [-0.2, 0) is 5.41 Å². The molecule has 1 N–H and O–H groups in total. The molecule has 0 saturated carbocycles. The van der Waals surface area contributed by atoms with Crippen molar-refractivity contribution >= 4 is 11.1 Å². The molecule has 0 aliphatic carbocycles. The largest absolute Gasteiger partial charge is 0.440 e. The Morgan fingerprint density at radius 1 is 1.37 bits per heavy atom. The number of oxazole rings is 1. The lowest BCUT2D eigenvalue weighted by Crippen LogP contribution is -2.40. The summed E-state index contributed by atoms with van der Waals surface area (Å²) in [6.07, 6.45) is 2.49. The van der Waals surface area contributed by atoms with Gasteiger partial charge in [0.1, 0.15) is 5.52 Å². The van der Waals surface area contributed by atoms with Crippen LogP contribution in [0.2, 0.25) is 0 Å². The van der Waals surface area contributed by atoms with Crippen molar-refractivity contribution in [2.24, 2.45) is 5.92 Å². The van der Waals surface area contributed by atoms with Gasteiger partial charge in [0.05, 0.1) is 0 Å². The number of para-hydroxylation sites is 1. The Hall–Kier alpha value is -1.35. The molecule has 3 rings (SSSR count). The van der Waals surface area contributed by atoms with Crippen molar-refractivity contribution in [3.63, 3.8) is 0 Å². The van der Waals surface area contributed by atoms with E-state index in [2.05, 4.69) is 32.2 Å². The van der Waals surface area contributed by atoms with Crippen molar-refractivity contribution in [2.75, 3.05) is 13.1 Å². The van der Waals surface area contributed by atoms with Crippen molar-refractivity contribution in [2.45, 2.75) is 39.0 Å². The molecule has 19 heavy (non-hydrogen) atoms. The fourth-order valence-corrected chi connectivity index (χ4v) is 3.00. The van der Waals surface area contributed by atoms with Gasteiger partial charge in [-0.2, -0.15) is 0 Å². The van der Waals surface area contributed by atoms with E-state index in [4.69, 9.17) is 9.40 Å². The molecule has 0 bridgehead atoms. The second kappa shape index (κ2) is 4.64. The van der Waals surface area contributed by atoms with Crippen LogP contribution in [0.15, 0.2) is 22.6 Å². The maximum absolute atomic E-state index is 6.03. The van der Waals surface area contributed by atoms with E-state index in [1.807, 2.05) is 12.1 Å². The highest BCUT2D eigenvalue weighted by atomic mass is 16.3. The lowest BCUT2D eigenvalue weighted by molar-refractivity contribution is 0.215. The van der Waals surface area contributed by atoms with Crippen LogP contribution in [0, 0.1) is 12.8 Å². The summed E-state index contributed by atoms with van der Waals surface area (Å²) in [7, 11) is 0. The zero-order chi connectivity index (χ0) is 13.5. The summed E-state index contributed by atoms with van der Waals surface area (Å²) < 4.78 is 6.03. The minimum absolute atomic E-state index is 0.0150. The van der Waals surface area contributed by atoms with E-state index in [1.54, 1.807) is 0 Å². The molecule has 1 aromatic heterocycles. The van der Waals surface area contributed by atoms with E-state index in [1.165, 1.54) is 18.4 Å². The zero-order valence-electron chi connectivity index (χ0n) is 12.0. The lowest BCUT2D eigenvalue weighted by atomic mass is 9.75. The molecule has 2 aromatic rings. The van der Waals surface area contributed by atoms with Crippen LogP contribution in [0.25, 0.3) is 11.1 Å². The predicted octanol–water partition coefficient (Wildman–Crippen LogP) is 3.41. The van der Waals surface area contributed by atoms with Crippen LogP contribution in [0.3, 0.4) is 0 Å². The average Bonchev–Trinajstić information content (AvgIpc) is 2.86. The number of nitrogens with zero attached hydrogens (tertiary/aromatic N) is 1. The molecular formula is C16H22N2O. The van der Waals surface area contributed by atoms with Gasteiger partial charge in [0, 0.05) is 5.41 Å². The summed E-state index contributed by atoms with van der Waals surface area (Å²) in [6, 6.07) is 6.12. The van der Waals surface area contributed by atoms with Crippen LogP contribution in [-0.4, -0.2) is 18.1 Å². The molecule has 1 atom stereocenters. The molecule has 1 aliphatic heterocycles. The highest BCUT2D eigenvalue weighted by molar-refractivity contribution is 5.76. The van der Waals surface area contributed by atoms with Crippen molar-refractivity contribution < 1.29 is 4.42 Å². The van der Waals surface area contributed by atoms with Crippen LogP contribution >= 0.6 is 0 Å². The summed E-state index contributed by atoms with van der Waals surface area (Å²) in [6.45, 7) is 8.79. The molecule has 0 amide bonds. The Balaban J connectivity index is 2.00. The fourth-order valence-electron chi connectivity index (χ4n) is 3.00. The molecular weight excluding hydrogens is 236 g/mol. The van der Waals surface area contributed by atoms with Crippen molar-refractivity contribution in [3.05, 3.63) is 29.7 Å².